The van der Waals surface area contributed by atoms with Crippen molar-refractivity contribution in [3.05, 3.63) is 58.1 Å². The number of halogens is 1. The molecule has 0 atom stereocenters. The van der Waals surface area contributed by atoms with Gasteiger partial charge in [-0.05, 0) is 11.6 Å². The molecule has 7 heteroatoms. The molecule has 0 saturated carbocycles. The topological polar surface area (TPSA) is 69.0 Å². The molecule has 0 aliphatic carbocycles. The van der Waals surface area contributed by atoms with Crippen LogP contribution < -0.4 is 15.6 Å². The summed E-state index contributed by atoms with van der Waals surface area (Å²) >= 11 is 6.05. The van der Waals surface area contributed by atoms with Crippen molar-refractivity contribution in [1.82, 2.24) is 14.8 Å². The third-order valence-electron chi connectivity index (χ3n) is 2.78. The number of pyridine rings is 1. The minimum atomic E-state index is -0.353. The number of allylic oxidation sites excluding steroid dienone is 1. The van der Waals surface area contributed by atoms with Gasteiger partial charge in [0.05, 0.1) is 25.5 Å². The van der Waals surface area contributed by atoms with Crippen molar-refractivity contribution in [2.45, 2.75) is 13.1 Å². The monoisotopic (exact) mass is 306 g/mol. The van der Waals surface area contributed by atoms with E-state index in [4.69, 9.17) is 16.3 Å². The highest BCUT2D eigenvalue weighted by Gasteiger charge is 2.08. The van der Waals surface area contributed by atoms with Crippen molar-refractivity contribution >= 4 is 17.3 Å². The third-order valence-corrected chi connectivity index (χ3v) is 3.14. The first-order chi connectivity index (χ1) is 10.2. The zero-order valence-electron chi connectivity index (χ0n) is 11.5. The molecule has 0 spiro atoms. The zero-order chi connectivity index (χ0) is 15.2. The minimum Gasteiger partial charge on any atom is -0.481 e. The number of rotatable bonds is 6. The highest BCUT2D eigenvalue weighted by molar-refractivity contribution is 6.32. The van der Waals surface area contributed by atoms with Gasteiger partial charge in [-0.15, -0.1) is 6.58 Å². The maximum Gasteiger partial charge on any atom is 0.287 e. The van der Waals surface area contributed by atoms with Crippen LogP contribution in [0, 0.1) is 0 Å². The summed E-state index contributed by atoms with van der Waals surface area (Å²) in [6, 6.07) is 3.64. The largest absolute Gasteiger partial charge is 0.481 e. The fraction of sp³-hybridized carbons (Fsp3) is 0.214. The van der Waals surface area contributed by atoms with E-state index in [1.54, 1.807) is 25.4 Å². The van der Waals surface area contributed by atoms with E-state index in [-0.39, 0.29) is 10.6 Å². The van der Waals surface area contributed by atoms with Crippen LogP contribution >= 0.6 is 11.6 Å². The average molecular weight is 307 g/mol. The Kier molecular flexibility index (Phi) is 4.94. The Hall–Kier alpha value is -2.34. The molecule has 0 bridgehead atoms. The molecule has 2 aromatic heterocycles. The molecule has 0 radical (unpaired) electrons. The first-order valence-electron chi connectivity index (χ1n) is 6.25. The maximum absolute atomic E-state index is 11.9. The normalized spacial score (nSPS) is 10.2. The standard InChI is InChI=1S/C14H15ClN4O2/c1-3-6-19-14(20)13(15)11(9-18-19)17-8-10-4-5-16-12(7-10)21-2/h3-5,7,9,17H,1,6,8H2,2H3. The lowest BCUT2D eigenvalue weighted by atomic mass is 10.2. The Labute approximate surface area is 127 Å². The molecule has 0 fully saturated rings. The van der Waals surface area contributed by atoms with Gasteiger partial charge in [-0.25, -0.2) is 9.67 Å². The molecule has 2 aromatic rings. The molecule has 2 heterocycles. The van der Waals surface area contributed by atoms with Gasteiger partial charge < -0.3 is 10.1 Å². The Morgan fingerprint density at radius 1 is 1.57 bits per heavy atom. The lowest BCUT2D eigenvalue weighted by Crippen LogP contribution is -2.23. The summed E-state index contributed by atoms with van der Waals surface area (Å²) in [5, 5.41) is 7.20. The summed E-state index contributed by atoms with van der Waals surface area (Å²) in [7, 11) is 1.56. The van der Waals surface area contributed by atoms with Gasteiger partial charge in [0, 0.05) is 18.8 Å². The van der Waals surface area contributed by atoms with Crippen LogP contribution in [0.2, 0.25) is 5.02 Å². The summed E-state index contributed by atoms with van der Waals surface area (Å²) in [5.41, 5.74) is 1.08. The Bertz CT molecular complexity index is 700. The molecule has 0 amide bonds. The lowest BCUT2D eigenvalue weighted by molar-refractivity contribution is 0.397. The van der Waals surface area contributed by atoms with E-state index in [0.29, 0.717) is 24.7 Å². The van der Waals surface area contributed by atoms with Gasteiger partial charge in [-0.1, -0.05) is 17.7 Å². The van der Waals surface area contributed by atoms with Gasteiger partial charge in [0.15, 0.2) is 0 Å². The van der Waals surface area contributed by atoms with Crippen LogP contribution in [0.3, 0.4) is 0 Å². The van der Waals surface area contributed by atoms with Crippen LogP contribution in [0.4, 0.5) is 5.69 Å². The van der Waals surface area contributed by atoms with Crippen molar-refractivity contribution in [3.63, 3.8) is 0 Å². The average Bonchev–Trinajstić information content (AvgIpc) is 2.51. The molecular weight excluding hydrogens is 292 g/mol. The third kappa shape index (κ3) is 3.61. The SMILES string of the molecule is C=CCn1ncc(NCc2ccnc(OC)c2)c(Cl)c1=O. The quantitative estimate of drug-likeness (QED) is 0.828. The number of hydrogen-bond acceptors (Lipinski definition) is 5. The summed E-state index contributed by atoms with van der Waals surface area (Å²) in [6.45, 7) is 4.36. The van der Waals surface area contributed by atoms with Gasteiger partial charge >= 0.3 is 0 Å². The number of ether oxygens (including phenoxy) is 1. The van der Waals surface area contributed by atoms with Crippen molar-refractivity contribution < 1.29 is 4.74 Å². The van der Waals surface area contributed by atoms with Crippen LogP contribution in [0.25, 0.3) is 0 Å². The second kappa shape index (κ2) is 6.90. The second-order valence-electron chi connectivity index (χ2n) is 4.21. The summed E-state index contributed by atoms with van der Waals surface area (Å²) in [5.74, 6) is 0.528. The summed E-state index contributed by atoms with van der Waals surface area (Å²) in [4.78, 5) is 16.0. The number of anilines is 1. The summed E-state index contributed by atoms with van der Waals surface area (Å²) in [6.07, 6.45) is 4.75. The van der Waals surface area contributed by atoms with Crippen LogP contribution in [0.5, 0.6) is 5.88 Å². The molecule has 0 saturated heterocycles. The van der Waals surface area contributed by atoms with Crippen LogP contribution in [0.15, 0.2) is 42.0 Å². The molecule has 0 aromatic carbocycles. The van der Waals surface area contributed by atoms with Gasteiger partial charge in [0.2, 0.25) is 5.88 Å². The fourth-order valence-corrected chi connectivity index (χ4v) is 1.92. The van der Waals surface area contributed by atoms with Crippen LogP contribution in [-0.4, -0.2) is 21.9 Å². The molecule has 1 N–H and O–H groups in total. The molecule has 6 nitrogen and oxygen atoms in total. The molecule has 0 unspecified atom stereocenters. The number of nitrogens with zero attached hydrogens (tertiary/aromatic N) is 3. The van der Waals surface area contributed by atoms with Crippen molar-refractivity contribution in [1.29, 1.82) is 0 Å². The zero-order valence-corrected chi connectivity index (χ0v) is 12.3. The van der Waals surface area contributed by atoms with Crippen molar-refractivity contribution in [3.8, 4) is 5.88 Å². The predicted molar refractivity (Wildman–Crippen MR) is 81.8 cm³/mol. The number of hydrogen-bond donors (Lipinski definition) is 1. The van der Waals surface area contributed by atoms with Crippen molar-refractivity contribution in [2.24, 2.45) is 0 Å². The first-order valence-corrected chi connectivity index (χ1v) is 6.62. The second-order valence-corrected chi connectivity index (χ2v) is 4.59. The fourth-order valence-electron chi connectivity index (χ4n) is 1.71. The minimum absolute atomic E-state index is 0.105. The van der Waals surface area contributed by atoms with E-state index in [2.05, 4.69) is 22.0 Å². The molecule has 0 aliphatic rings. The van der Waals surface area contributed by atoms with Crippen molar-refractivity contribution in [2.75, 3.05) is 12.4 Å². The highest BCUT2D eigenvalue weighted by atomic mass is 35.5. The van der Waals surface area contributed by atoms with Gasteiger partial charge in [0.1, 0.15) is 5.02 Å². The van der Waals surface area contributed by atoms with E-state index >= 15 is 0 Å². The van der Waals surface area contributed by atoms with Crippen LogP contribution in [-0.2, 0) is 13.1 Å². The maximum atomic E-state index is 11.9. The number of nitrogens with one attached hydrogen (secondary N) is 1. The van der Waals surface area contributed by atoms with Gasteiger partial charge in [-0.3, -0.25) is 4.79 Å². The Morgan fingerprint density at radius 3 is 3.10 bits per heavy atom. The number of aromatic nitrogens is 3. The molecule has 110 valence electrons. The first kappa shape index (κ1) is 15.1. The lowest BCUT2D eigenvalue weighted by Gasteiger charge is -2.10. The molecule has 2 rings (SSSR count). The summed E-state index contributed by atoms with van der Waals surface area (Å²) < 4.78 is 6.30. The van der Waals surface area contributed by atoms with Gasteiger partial charge in [-0.2, -0.15) is 5.10 Å². The highest BCUT2D eigenvalue weighted by Crippen LogP contribution is 2.17. The smallest absolute Gasteiger partial charge is 0.287 e. The van der Waals surface area contributed by atoms with Crippen LogP contribution in [0.1, 0.15) is 5.56 Å². The Morgan fingerprint density at radius 2 is 2.38 bits per heavy atom. The number of methoxy groups -OCH3 is 1. The molecule has 21 heavy (non-hydrogen) atoms. The Balaban J connectivity index is 2.14. The van der Waals surface area contributed by atoms with E-state index in [9.17, 15) is 4.79 Å². The van der Waals surface area contributed by atoms with E-state index in [1.807, 2.05) is 6.07 Å². The van der Waals surface area contributed by atoms with Gasteiger partial charge in [0.25, 0.3) is 5.56 Å². The molecule has 0 aliphatic heterocycles. The van der Waals surface area contributed by atoms with E-state index in [1.165, 1.54) is 10.9 Å². The van der Waals surface area contributed by atoms with E-state index < -0.39 is 0 Å². The predicted octanol–water partition coefficient (Wildman–Crippen LogP) is 2.10. The molecular formula is C14H15ClN4O2. The van der Waals surface area contributed by atoms with E-state index in [0.717, 1.165) is 5.56 Å².